The monoisotopic (exact) mass is 218 g/mol. The molecule has 0 aliphatic heterocycles. The first-order chi connectivity index (χ1) is 7.79. The van der Waals surface area contributed by atoms with Gasteiger partial charge in [-0.1, -0.05) is 0 Å². The van der Waals surface area contributed by atoms with Crippen LogP contribution in [0.15, 0.2) is 30.6 Å². The fourth-order valence-electron chi connectivity index (χ4n) is 1.27. The molecule has 0 radical (unpaired) electrons. The van der Waals surface area contributed by atoms with Crippen LogP contribution in [0.25, 0.3) is 11.5 Å². The third-order valence-corrected chi connectivity index (χ3v) is 1.97. The summed E-state index contributed by atoms with van der Waals surface area (Å²) >= 11 is 0. The Kier molecular flexibility index (Phi) is 3.05. The summed E-state index contributed by atoms with van der Waals surface area (Å²) < 4.78 is 12.7. The Hall–Kier alpha value is -2.04. The van der Waals surface area contributed by atoms with Crippen LogP contribution in [0.2, 0.25) is 0 Å². The summed E-state index contributed by atoms with van der Waals surface area (Å²) in [5, 5.41) is 3.08. The van der Waals surface area contributed by atoms with E-state index in [4.69, 9.17) is 0 Å². The average molecular weight is 218 g/mol. The van der Waals surface area contributed by atoms with E-state index in [1.807, 2.05) is 6.92 Å². The van der Waals surface area contributed by atoms with Crippen LogP contribution in [0, 0.1) is 5.82 Å². The average Bonchev–Trinajstić information content (AvgIpc) is 2.31. The Morgan fingerprint density at radius 2 is 2.12 bits per heavy atom. The molecule has 0 atom stereocenters. The largest absolute Gasteiger partial charge is 0.370 e. The number of anilines is 1. The van der Waals surface area contributed by atoms with E-state index in [9.17, 15) is 4.39 Å². The number of halogens is 1. The maximum absolute atomic E-state index is 12.7. The van der Waals surface area contributed by atoms with Gasteiger partial charge in [-0.05, 0) is 25.1 Å². The number of pyridine rings is 1. The van der Waals surface area contributed by atoms with Crippen LogP contribution >= 0.6 is 0 Å². The number of nitrogens with one attached hydrogen (secondary N) is 1. The Bertz CT molecular complexity index is 470. The quantitative estimate of drug-likeness (QED) is 0.857. The Labute approximate surface area is 92.6 Å². The summed E-state index contributed by atoms with van der Waals surface area (Å²) in [5.74, 6) is 0.851. The highest BCUT2D eigenvalue weighted by atomic mass is 19.1. The molecule has 0 saturated carbocycles. The van der Waals surface area contributed by atoms with Crippen LogP contribution in [0.4, 0.5) is 10.2 Å². The van der Waals surface area contributed by atoms with Gasteiger partial charge >= 0.3 is 0 Å². The van der Waals surface area contributed by atoms with E-state index < -0.39 is 0 Å². The van der Waals surface area contributed by atoms with Crippen molar-refractivity contribution in [2.45, 2.75) is 6.92 Å². The molecular formula is C11H11FN4. The van der Waals surface area contributed by atoms with Gasteiger partial charge in [0.05, 0.1) is 6.20 Å². The topological polar surface area (TPSA) is 50.7 Å². The Morgan fingerprint density at radius 3 is 2.81 bits per heavy atom. The second-order valence-corrected chi connectivity index (χ2v) is 3.16. The number of aromatic nitrogens is 3. The molecule has 1 N–H and O–H groups in total. The van der Waals surface area contributed by atoms with Gasteiger partial charge in [0.2, 0.25) is 0 Å². The van der Waals surface area contributed by atoms with Crippen molar-refractivity contribution in [3.63, 3.8) is 0 Å². The van der Waals surface area contributed by atoms with Crippen LogP contribution in [0.1, 0.15) is 6.92 Å². The normalized spacial score (nSPS) is 10.1. The number of nitrogens with zero attached hydrogens (tertiary/aromatic N) is 3. The van der Waals surface area contributed by atoms with E-state index in [1.54, 1.807) is 18.3 Å². The molecule has 2 aromatic heterocycles. The zero-order valence-corrected chi connectivity index (χ0v) is 8.81. The summed E-state index contributed by atoms with van der Waals surface area (Å²) in [7, 11) is 0. The van der Waals surface area contributed by atoms with Gasteiger partial charge in [-0.25, -0.2) is 19.3 Å². The second kappa shape index (κ2) is 4.65. The van der Waals surface area contributed by atoms with Crippen molar-refractivity contribution in [1.29, 1.82) is 0 Å². The number of rotatable bonds is 3. The van der Waals surface area contributed by atoms with Gasteiger partial charge in [-0.15, -0.1) is 0 Å². The minimum Gasteiger partial charge on any atom is -0.370 e. The van der Waals surface area contributed by atoms with Crippen LogP contribution in [-0.4, -0.2) is 21.5 Å². The minimum absolute atomic E-state index is 0.369. The maximum atomic E-state index is 12.7. The summed E-state index contributed by atoms with van der Waals surface area (Å²) in [6, 6.07) is 4.67. The minimum atomic E-state index is -0.369. The standard InChI is InChI=1S/C11H11FN4/c1-2-13-10-5-6-14-11(16-10)9-4-3-8(12)7-15-9/h3-7H,2H2,1H3,(H,13,14,16). The first-order valence-electron chi connectivity index (χ1n) is 4.98. The molecule has 2 rings (SSSR count). The van der Waals surface area contributed by atoms with Crippen LogP contribution in [-0.2, 0) is 0 Å². The van der Waals surface area contributed by atoms with E-state index in [2.05, 4.69) is 20.3 Å². The highest BCUT2D eigenvalue weighted by Crippen LogP contribution is 2.13. The highest BCUT2D eigenvalue weighted by Gasteiger charge is 2.03. The van der Waals surface area contributed by atoms with Gasteiger partial charge < -0.3 is 5.32 Å². The highest BCUT2D eigenvalue weighted by molar-refractivity contribution is 5.51. The predicted octanol–water partition coefficient (Wildman–Crippen LogP) is 2.11. The van der Waals surface area contributed by atoms with E-state index in [0.29, 0.717) is 11.5 Å². The lowest BCUT2D eigenvalue weighted by molar-refractivity contribution is 0.621. The van der Waals surface area contributed by atoms with Gasteiger partial charge in [0.25, 0.3) is 0 Å². The van der Waals surface area contributed by atoms with Crippen molar-refractivity contribution in [2.75, 3.05) is 11.9 Å². The molecule has 0 aromatic carbocycles. The smallest absolute Gasteiger partial charge is 0.180 e. The first kappa shape index (κ1) is 10.5. The molecule has 0 aliphatic carbocycles. The molecule has 2 aromatic rings. The molecule has 0 aliphatic rings. The van der Waals surface area contributed by atoms with Crippen molar-refractivity contribution < 1.29 is 4.39 Å². The first-order valence-corrected chi connectivity index (χ1v) is 4.98. The summed E-state index contributed by atoms with van der Waals surface area (Å²) in [6.45, 7) is 2.77. The molecule has 16 heavy (non-hydrogen) atoms. The third kappa shape index (κ3) is 2.31. The lowest BCUT2D eigenvalue weighted by Crippen LogP contribution is -2.01. The van der Waals surface area contributed by atoms with Crippen molar-refractivity contribution in [3.05, 3.63) is 36.4 Å². The molecule has 0 fully saturated rings. The van der Waals surface area contributed by atoms with Gasteiger partial charge in [-0.3, -0.25) is 0 Å². The van der Waals surface area contributed by atoms with Crippen molar-refractivity contribution in [3.8, 4) is 11.5 Å². The lowest BCUT2D eigenvalue weighted by atomic mass is 10.3. The molecule has 5 heteroatoms. The molecule has 82 valence electrons. The van der Waals surface area contributed by atoms with Gasteiger partial charge in [0.15, 0.2) is 5.82 Å². The molecule has 2 heterocycles. The van der Waals surface area contributed by atoms with E-state index in [1.165, 1.54) is 6.07 Å². The second-order valence-electron chi connectivity index (χ2n) is 3.16. The summed E-state index contributed by atoms with van der Waals surface area (Å²) in [4.78, 5) is 12.3. The van der Waals surface area contributed by atoms with Crippen LogP contribution < -0.4 is 5.32 Å². The molecule has 0 unspecified atom stereocenters. The van der Waals surface area contributed by atoms with Crippen molar-refractivity contribution in [2.24, 2.45) is 0 Å². The molecule has 0 saturated heterocycles. The van der Waals surface area contributed by atoms with E-state index in [-0.39, 0.29) is 5.82 Å². The molecule has 0 bridgehead atoms. The van der Waals surface area contributed by atoms with E-state index >= 15 is 0 Å². The summed E-state index contributed by atoms with van der Waals surface area (Å²) in [6.07, 6.45) is 2.80. The molecule has 4 nitrogen and oxygen atoms in total. The Morgan fingerprint density at radius 1 is 1.25 bits per heavy atom. The summed E-state index contributed by atoms with van der Waals surface area (Å²) in [5.41, 5.74) is 0.557. The molecule has 0 spiro atoms. The van der Waals surface area contributed by atoms with Crippen LogP contribution in [0.3, 0.4) is 0 Å². The van der Waals surface area contributed by atoms with E-state index in [0.717, 1.165) is 18.6 Å². The lowest BCUT2D eigenvalue weighted by Gasteiger charge is -2.03. The molecular weight excluding hydrogens is 207 g/mol. The fourth-order valence-corrected chi connectivity index (χ4v) is 1.27. The van der Waals surface area contributed by atoms with Crippen molar-refractivity contribution >= 4 is 5.82 Å². The third-order valence-electron chi connectivity index (χ3n) is 1.97. The van der Waals surface area contributed by atoms with Crippen LogP contribution in [0.5, 0.6) is 0 Å². The van der Waals surface area contributed by atoms with Gasteiger partial charge in [0.1, 0.15) is 17.3 Å². The van der Waals surface area contributed by atoms with Crippen molar-refractivity contribution in [1.82, 2.24) is 15.0 Å². The Balaban J connectivity index is 2.32. The SMILES string of the molecule is CCNc1ccnc(-c2ccc(F)cn2)n1. The zero-order chi connectivity index (χ0) is 11.4. The van der Waals surface area contributed by atoms with Gasteiger partial charge in [-0.2, -0.15) is 0 Å². The predicted molar refractivity (Wildman–Crippen MR) is 59.4 cm³/mol. The number of hydrogen-bond acceptors (Lipinski definition) is 4. The maximum Gasteiger partial charge on any atom is 0.180 e. The molecule has 0 amide bonds. The number of hydrogen-bond donors (Lipinski definition) is 1. The zero-order valence-electron chi connectivity index (χ0n) is 8.81. The van der Waals surface area contributed by atoms with Gasteiger partial charge in [0, 0.05) is 12.7 Å². The fraction of sp³-hybridized carbons (Fsp3) is 0.182.